The van der Waals surface area contributed by atoms with Gasteiger partial charge in [0.2, 0.25) is 0 Å². The Bertz CT molecular complexity index is 427. The van der Waals surface area contributed by atoms with E-state index >= 15 is 0 Å². The first kappa shape index (κ1) is 15.8. The number of methoxy groups -OCH3 is 2. The van der Waals surface area contributed by atoms with Crippen molar-refractivity contribution in [2.45, 2.75) is 6.92 Å². The number of ether oxygens (including phenoxy) is 2. The van der Waals surface area contributed by atoms with Gasteiger partial charge in [0.25, 0.3) is 0 Å². The molecule has 17 heavy (non-hydrogen) atoms. The van der Waals surface area contributed by atoms with Crippen LogP contribution in [-0.4, -0.2) is 43.2 Å². The fourth-order valence-corrected chi connectivity index (χ4v) is 1.38. The van der Waals surface area contributed by atoms with Crippen molar-refractivity contribution in [3.8, 4) is 11.5 Å². The van der Waals surface area contributed by atoms with Gasteiger partial charge in [-0.2, -0.15) is 0 Å². The predicted molar refractivity (Wildman–Crippen MR) is 64.0 cm³/mol. The number of allylic oxidation sites excluding steroid dienone is 1. The van der Waals surface area contributed by atoms with Gasteiger partial charge in [-0.15, -0.1) is 0 Å². The van der Waals surface area contributed by atoms with Gasteiger partial charge >= 0.3 is 23.1 Å². The summed E-state index contributed by atoms with van der Waals surface area (Å²) in [6.07, 6.45) is 1.03. The first-order chi connectivity index (χ1) is 7.58. The molecule has 0 heterocycles. The summed E-state index contributed by atoms with van der Waals surface area (Å²) in [5, 5.41) is 10.5. The number of carbonyl (C=O) groups is 1. The van der Waals surface area contributed by atoms with Gasteiger partial charge in [0.05, 0.1) is 20.2 Å². The van der Waals surface area contributed by atoms with E-state index in [2.05, 4.69) is 0 Å². The predicted octanol–water partition coefficient (Wildman–Crippen LogP) is 0.476. The molecule has 0 saturated heterocycles. The molecule has 0 aliphatic rings. The van der Waals surface area contributed by atoms with Crippen LogP contribution in [0.5, 0.6) is 11.5 Å². The molecule has 1 aromatic carbocycles. The van der Waals surface area contributed by atoms with Crippen molar-refractivity contribution in [1.82, 2.24) is 0 Å². The Morgan fingerprint density at radius 3 is 2.41 bits per heavy atom. The fraction of sp³-hybridized carbons (Fsp3) is 0.250. The van der Waals surface area contributed by atoms with Gasteiger partial charge in [0.1, 0.15) is 11.5 Å². The molecule has 1 rings (SSSR count). The van der Waals surface area contributed by atoms with E-state index in [-0.39, 0.29) is 23.1 Å². The number of carboxylic acids is 1. The molecule has 1 aromatic rings. The number of hydrogen-bond acceptors (Lipinski definition) is 4. The second-order valence-corrected chi connectivity index (χ2v) is 3.21. The average Bonchev–Trinajstić information content (AvgIpc) is 2.27. The average molecular weight is 246 g/mol. The maximum atomic E-state index is 10.5. The zero-order chi connectivity index (χ0) is 12.1. The van der Waals surface area contributed by atoms with E-state index in [1.165, 1.54) is 7.11 Å². The Morgan fingerprint density at radius 1 is 1.29 bits per heavy atom. The molecule has 0 bridgehead atoms. The van der Waals surface area contributed by atoms with Gasteiger partial charge < -0.3 is 19.4 Å². The van der Waals surface area contributed by atoms with Crippen LogP contribution in [0, 0.1) is 0 Å². The zero-order valence-corrected chi connectivity index (χ0v) is 11.6. The van der Waals surface area contributed by atoms with Gasteiger partial charge in [0.15, 0.2) is 0 Å². The van der Waals surface area contributed by atoms with Crippen LogP contribution in [0.1, 0.15) is 12.5 Å². The van der Waals surface area contributed by atoms with Crippen molar-refractivity contribution in [3.63, 3.8) is 0 Å². The standard InChI is InChI=1S/C12H14O4.Mg/c1-8(6-12(13)14)10-5-4-9(15-2)7-11(10)16-3;/h4-7H,1-3H3,(H,13,14);/q;+2/p-1/b8-6-;. The molecule has 0 atom stereocenters. The van der Waals surface area contributed by atoms with E-state index < -0.39 is 5.97 Å². The maximum absolute atomic E-state index is 10.5. The third-order valence-corrected chi connectivity index (χ3v) is 2.17. The number of aliphatic carboxylic acids is 1. The number of hydrogen-bond donors (Lipinski definition) is 0. The molecule has 0 spiro atoms. The summed E-state index contributed by atoms with van der Waals surface area (Å²) in [6.45, 7) is 1.68. The van der Waals surface area contributed by atoms with Gasteiger partial charge in [-0.1, -0.05) is 0 Å². The van der Waals surface area contributed by atoms with Crippen molar-refractivity contribution >= 4 is 34.6 Å². The summed E-state index contributed by atoms with van der Waals surface area (Å²) in [5.41, 5.74) is 1.27. The molecule has 0 aromatic heterocycles. The first-order valence-corrected chi connectivity index (χ1v) is 4.70. The molecule has 86 valence electrons. The Kier molecular flexibility index (Phi) is 6.68. The SMILES string of the molecule is COc1ccc(/C(C)=C\C(=O)[O-])c(OC)c1.[Mg+2]. The second-order valence-electron chi connectivity index (χ2n) is 3.21. The molecule has 0 aliphatic carbocycles. The normalized spacial score (nSPS) is 10.4. The minimum absolute atomic E-state index is 0. The van der Waals surface area contributed by atoms with Crippen molar-refractivity contribution in [3.05, 3.63) is 29.8 Å². The van der Waals surface area contributed by atoms with Crippen LogP contribution in [-0.2, 0) is 4.79 Å². The molecule has 0 aliphatic heterocycles. The minimum Gasteiger partial charge on any atom is -0.545 e. The summed E-state index contributed by atoms with van der Waals surface area (Å²) < 4.78 is 10.2. The van der Waals surface area contributed by atoms with Crippen molar-refractivity contribution < 1.29 is 19.4 Å². The molecular formula is C12H13MgO4+. The van der Waals surface area contributed by atoms with Gasteiger partial charge in [0, 0.05) is 11.6 Å². The Balaban J connectivity index is 0.00000256. The smallest absolute Gasteiger partial charge is 0.545 e. The summed E-state index contributed by atoms with van der Waals surface area (Å²) in [7, 11) is 3.07. The van der Waals surface area contributed by atoms with Crippen LogP contribution < -0.4 is 14.6 Å². The molecule has 0 saturated carbocycles. The zero-order valence-electron chi connectivity index (χ0n) is 10.1. The Hall–Kier alpha value is -1.20. The number of rotatable bonds is 4. The molecule has 0 amide bonds. The van der Waals surface area contributed by atoms with Crippen molar-refractivity contribution in [2.24, 2.45) is 0 Å². The van der Waals surface area contributed by atoms with Crippen LogP contribution in [0.25, 0.3) is 5.57 Å². The van der Waals surface area contributed by atoms with Crippen LogP contribution in [0.3, 0.4) is 0 Å². The monoisotopic (exact) mass is 245 g/mol. The van der Waals surface area contributed by atoms with Gasteiger partial charge in [-0.05, 0) is 30.7 Å². The van der Waals surface area contributed by atoms with Crippen LogP contribution in [0.15, 0.2) is 24.3 Å². The van der Waals surface area contributed by atoms with E-state index in [4.69, 9.17) is 9.47 Å². The van der Waals surface area contributed by atoms with E-state index in [9.17, 15) is 9.90 Å². The minimum atomic E-state index is -1.23. The quantitative estimate of drug-likeness (QED) is 0.572. The number of carbonyl (C=O) groups excluding carboxylic acids is 1. The molecular weight excluding hydrogens is 232 g/mol. The van der Waals surface area contributed by atoms with Gasteiger partial charge in [-0.25, -0.2) is 0 Å². The van der Waals surface area contributed by atoms with Gasteiger partial charge in [-0.3, -0.25) is 0 Å². The molecule has 4 nitrogen and oxygen atoms in total. The Morgan fingerprint density at radius 2 is 1.94 bits per heavy atom. The summed E-state index contributed by atoms with van der Waals surface area (Å²) in [5.74, 6) is -0.00780. The molecule has 5 heteroatoms. The molecule has 0 fully saturated rings. The third kappa shape index (κ3) is 4.28. The molecule has 0 N–H and O–H groups in total. The number of benzene rings is 1. The Labute approximate surface area is 116 Å². The van der Waals surface area contributed by atoms with Crippen molar-refractivity contribution in [2.75, 3.05) is 14.2 Å². The molecule has 0 unspecified atom stereocenters. The third-order valence-electron chi connectivity index (χ3n) is 2.17. The first-order valence-electron chi connectivity index (χ1n) is 4.70. The summed E-state index contributed by atoms with van der Waals surface area (Å²) in [6, 6.07) is 5.18. The largest absolute Gasteiger partial charge is 2.00 e. The second kappa shape index (κ2) is 7.19. The topological polar surface area (TPSA) is 58.6 Å². The van der Waals surface area contributed by atoms with Crippen molar-refractivity contribution in [1.29, 1.82) is 0 Å². The van der Waals surface area contributed by atoms with E-state index in [1.54, 1.807) is 32.2 Å². The maximum Gasteiger partial charge on any atom is 2.00 e. The summed E-state index contributed by atoms with van der Waals surface area (Å²) in [4.78, 5) is 10.5. The van der Waals surface area contributed by atoms with E-state index in [0.717, 1.165) is 6.08 Å². The van der Waals surface area contributed by atoms with E-state index in [1.807, 2.05) is 0 Å². The van der Waals surface area contributed by atoms with Crippen LogP contribution >= 0.6 is 0 Å². The van der Waals surface area contributed by atoms with Crippen LogP contribution in [0.2, 0.25) is 0 Å². The summed E-state index contributed by atoms with van der Waals surface area (Å²) >= 11 is 0. The van der Waals surface area contributed by atoms with Crippen LogP contribution in [0.4, 0.5) is 0 Å². The fourth-order valence-electron chi connectivity index (χ4n) is 1.38. The van der Waals surface area contributed by atoms with E-state index in [0.29, 0.717) is 22.6 Å². The molecule has 0 radical (unpaired) electrons. The number of carboxylic acid groups (broad SMARTS) is 1.